The normalized spacial score (nSPS) is 28.6. The van der Waals surface area contributed by atoms with Crippen molar-refractivity contribution in [2.45, 2.75) is 52.0 Å². The van der Waals surface area contributed by atoms with Gasteiger partial charge in [-0.25, -0.2) is 0 Å². The van der Waals surface area contributed by atoms with Gasteiger partial charge in [-0.15, -0.1) is 24.0 Å². The summed E-state index contributed by atoms with van der Waals surface area (Å²) >= 11 is 0. The molecule has 6 heteroatoms. The van der Waals surface area contributed by atoms with Crippen LogP contribution in [0.4, 0.5) is 0 Å². The number of rotatable bonds is 5. The van der Waals surface area contributed by atoms with Crippen molar-refractivity contribution in [1.29, 1.82) is 0 Å². The number of fused-ring (bicyclic) bond motifs is 1. The molecule has 5 nitrogen and oxygen atoms in total. The first kappa shape index (κ1) is 22.2. The van der Waals surface area contributed by atoms with Crippen LogP contribution < -0.4 is 5.32 Å². The van der Waals surface area contributed by atoms with Crippen molar-refractivity contribution in [3.05, 3.63) is 0 Å². The smallest absolute Gasteiger partial charge is 0.193 e. The maximum atomic E-state index is 5.54. The molecule has 3 atom stereocenters. The molecule has 3 unspecified atom stereocenters. The van der Waals surface area contributed by atoms with E-state index in [0.717, 1.165) is 50.6 Å². The van der Waals surface area contributed by atoms with Crippen LogP contribution in [-0.2, 0) is 4.74 Å². The number of nitrogens with one attached hydrogen (secondary N) is 1. The summed E-state index contributed by atoms with van der Waals surface area (Å²) in [7, 11) is 1.94. The molecular weight excluding hydrogens is 439 g/mol. The van der Waals surface area contributed by atoms with Crippen molar-refractivity contribution in [1.82, 2.24) is 15.1 Å². The number of aliphatic imine (C=N–C) groups is 1. The quantitative estimate of drug-likeness (QED) is 0.375. The van der Waals surface area contributed by atoms with E-state index in [-0.39, 0.29) is 24.0 Å². The Labute approximate surface area is 177 Å². The summed E-state index contributed by atoms with van der Waals surface area (Å²) < 4.78 is 5.54. The number of morpholine rings is 1. The van der Waals surface area contributed by atoms with Crippen molar-refractivity contribution < 1.29 is 4.74 Å². The summed E-state index contributed by atoms with van der Waals surface area (Å²) in [6.45, 7) is 11.9. The van der Waals surface area contributed by atoms with Crippen LogP contribution in [0.2, 0.25) is 0 Å². The van der Waals surface area contributed by atoms with E-state index in [2.05, 4.69) is 34.0 Å². The first-order valence-corrected chi connectivity index (χ1v) is 10.4. The average Bonchev–Trinajstić information content (AvgIpc) is 3.05. The summed E-state index contributed by atoms with van der Waals surface area (Å²) in [5.41, 5.74) is 0. The van der Waals surface area contributed by atoms with Crippen LogP contribution in [0.5, 0.6) is 0 Å². The predicted molar refractivity (Wildman–Crippen MR) is 119 cm³/mol. The Morgan fingerprint density at radius 1 is 1.12 bits per heavy atom. The van der Waals surface area contributed by atoms with Gasteiger partial charge in [0.1, 0.15) is 0 Å². The number of halogens is 1. The lowest BCUT2D eigenvalue weighted by molar-refractivity contribution is 0.0131. The summed E-state index contributed by atoms with van der Waals surface area (Å²) in [5, 5.41) is 3.72. The SMILES string of the molecule is CN=C(NCC(CC(C)C)N1CCOCC1)N1CC2CCCCC2C1.I. The summed E-state index contributed by atoms with van der Waals surface area (Å²) in [6.07, 6.45) is 6.92. The van der Waals surface area contributed by atoms with Crippen LogP contribution in [0.25, 0.3) is 0 Å². The maximum absolute atomic E-state index is 5.54. The fraction of sp³-hybridized carbons (Fsp3) is 0.950. The minimum atomic E-state index is 0. The van der Waals surface area contributed by atoms with Crippen LogP contribution in [0.15, 0.2) is 4.99 Å². The monoisotopic (exact) mass is 478 g/mol. The Hall–Kier alpha value is -0.0800. The maximum Gasteiger partial charge on any atom is 0.193 e. The van der Waals surface area contributed by atoms with E-state index in [1.807, 2.05) is 7.05 Å². The van der Waals surface area contributed by atoms with Crippen molar-refractivity contribution in [2.75, 3.05) is 53.0 Å². The fourth-order valence-electron chi connectivity index (χ4n) is 4.97. The van der Waals surface area contributed by atoms with E-state index >= 15 is 0 Å². The van der Waals surface area contributed by atoms with Crippen molar-refractivity contribution in [2.24, 2.45) is 22.7 Å². The highest BCUT2D eigenvalue weighted by molar-refractivity contribution is 14.0. The van der Waals surface area contributed by atoms with Crippen LogP contribution in [0.1, 0.15) is 46.0 Å². The lowest BCUT2D eigenvalue weighted by Crippen LogP contribution is -2.51. The van der Waals surface area contributed by atoms with Gasteiger partial charge >= 0.3 is 0 Å². The topological polar surface area (TPSA) is 40.1 Å². The number of guanidine groups is 1. The highest BCUT2D eigenvalue weighted by Crippen LogP contribution is 2.35. The van der Waals surface area contributed by atoms with E-state index in [1.165, 1.54) is 45.2 Å². The summed E-state index contributed by atoms with van der Waals surface area (Å²) in [6, 6.07) is 0.575. The van der Waals surface area contributed by atoms with E-state index in [1.54, 1.807) is 0 Å². The molecular formula is C20H39IN4O. The molecule has 0 aromatic carbocycles. The van der Waals surface area contributed by atoms with E-state index in [0.29, 0.717) is 12.0 Å². The van der Waals surface area contributed by atoms with E-state index in [4.69, 9.17) is 4.74 Å². The minimum Gasteiger partial charge on any atom is -0.379 e. The highest BCUT2D eigenvalue weighted by Gasteiger charge is 2.35. The van der Waals surface area contributed by atoms with E-state index < -0.39 is 0 Å². The van der Waals surface area contributed by atoms with Gasteiger partial charge < -0.3 is 15.0 Å². The summed E-state index contributed by atoms with van der Waals surface area (Å²) in [4.78, 5) is 9.74. The predicted octanol–water partition coefficient (Wildman–Crippen LogP) is 3.05. The molecule has 2 heterocycles. The molecule has 1 aliphatic carbocycles. The van der Waals surface area contributed by atoms with Gasteiger partial charge in [0.15, 0.2) is 5.96 Å². The lowest BCUT2D eigenvalue weighted by atomic mass is 9.82. The van der Waals surface area contributed by atoms with Gasteiger partial charge in [-0.3, -0.25) is 9.89 Å². The number of hydrogen-bond acceptors (Lipinski definition) is 3. The fourth-order valence-corrected chi connectivity index (χ4v) is 4.97. The zero-order chi connectivity index (χ0) is 17.6. The van der Waals surface area contributed by atoms with Gasteiger partial charge in [0.25, 0.3) is 0 Å². The third-order valence-corrected chi connectivity index (χ3v) is 6.29. The molecule has 0 radical (unpaired) electrons. The third-order valence-electron chi connectivity index (χ3n) is 6.29. The molecule has 0 aromatic heterocycles. The second-order valence-corrected chi connectivity index (χ2v) is 8.57. The van der Waals surface area contributed by atoms with Crippen molar-refractivity contribution in [3.63, 3.8) is 0 Å². The number of nitrogens with zero attached hydrogens (tertiary/aromatic N) is 3. The van der Waals surface area contributed by atoms with Gasteiger partial charge in [-0.2, -0.15) is 0 Å². The van der Waals surface area contributed by atoms with Crippen LogP contribution >= 0.6 is 24.0 Å². The molecule has 152 valence electrons. The number of likely N-dealkylation sites (tertiary alicyclic amines) is 1. The molecule has 0 bridgehead atoms. The zero-order valence-corrected chi connectivity index (χ0v) is 19.3. The number of hydrogen-bond donors (Lipinski definition) is 1. The molecule has 0 aromatic rings. The molecule has 26 heavy (non-hydrogen) atoms. The molecule has 1 N–H and O–H groups in total. The van der Waals surface area contributed by atoms with Gasteiger partial charge in [0, 0.05) is 45.8 Å². The molecule has 3 fully saturated rings. The van der Waals surface area contributed by atoms with E-state index in [9.17, 15) is 0 Å². The molecule has 2 aliphatic heterocycles. The van der Waals surface area contributed by atoms with Crippen LogP contribution in [0.3, 0.4) is 0 Å². The summed E-state index contributed by atoms with van der Waals surface area (Å²) in [5.74, 6) is 3.64. The third kappa shape index (κ3) is 5.96. The van der Waals surface area contributed by atoms with Crippen molar-refractivity contribution >= 4 is 29.9 Å². The molecule has 2 saturated heterocycles. The van der Waals surface area contributed by atoms with Gasteiger partial charge in [-0.05, 0) is 37.0 Å². The highest BCUT2D eigenvalue weighted by atomic mass is 127. The average molecular weight is 478 g/mol. The Kier molecular flexibility index (Phi) is 9.44. The lowest BCUT2D eigenvalue weighted by Gasteiger charge is -2.36. The number of ether oxygens (including phenoxy) is 1. The minimum absolute atomic E-state index is 0. The Balaban J connectivity index is 0.00000243. The van der Waals surface area contributed by atoms with Gasteiger partial charge in [0.05, 0.1) is 13.2 Å². The van der Waals surface area contributed by atoms with Crippen LogP contribution in [0, 0.1) is 17.8 Å². The standard InChI is InChI=1S/C20H38N4O.HI/c1-16(2)12-19(23-8-10-25-11-9-23)13-22-20(21-3)24-14-17-6-4-5-7-18(17)15-24;/h16-19H,4-15H2,1-3H3,(H,21,22);1H. The second kappa shape index (κ2) is 11.1. The Morgan fingerprint density at radius 3 is 2.27 bits per heavy atom. The van der Waals surface area contributed by atoms with Gasteiger partial charge in [0.2, 0.25) is 0 Å². The molecule has 1 saturated carbocycles. The zero-order valence-electron chi connectivity index (χ0n) is 17.0. The Morgan fingerprint density at radius 2 is 1.73 bits per heavy atom. The first-order valence-electron chi connectivity index (χ1n) is 10.4. The van der Waals surface area contributed by atoms with Crippen molar-refractivity contribution in [3.8, 4) is 0 Å². The molecule has 0 amide bonds. The first-order chi connectivity index (χ1) is 12.2. The molecule has 3 rings (SSSR count). The molecule has 0 spiro atoms. The molecule has 3 aliphatic rings. The van der Waals surface area contributed by atoms with Crippen LogP contribution in [-0.4, -0.2) is 74.8 Å². The second-order valence-electron chi connectivity index (χ2n) is 8.57. The van der Waals surface area contributed by atoms with Gasteiger partial charge in [-0.1, -0.05) is 26.7 Å². The Bertz CT molecular complexity index is 426. The largest absolute Gasteiger partial charge is 0.379 e.